The van der Waals surface area contributed by atoms with Crippen LogP contribution >= 0.6 is 22.9 Å². The van der Waals surface area contributed by atoms with Crippen LogP contribution < -0.4 is 25.6 Å². The monoisotopic (exact) mass is 709 g/mol. The SMILES string of the molecule is CC(NO)C1COc2c(Cl)c(-c3ccc(F)c4sc(N)c(C#N)c34)c(F)c3nc(OC[C@@]45CCCN4C[C@H](F)C5)nc(c23)N1CC(F)F. The molecular formula is C31H29ClF5N7O3S. The van der Waals surface area contributed by atoms with Crippen LogP contribution in [-0.4, -0.2) is 83.1 Å². The van der Waals surface area contributed by atoms with Crippen molar-refractivity contribution in [2.45, 2.75) is 56.4 Å². The largest absolute Gasteiger partial charge is 0.489 e. The molecule has 254 valence electrons. The quantitative estimate of drug-likeness (QED) is 0.147. The van der Waals surface area contributed by atoms with E-state index in [0.29, 0.717) is 13.0 Å². The first-order valence-corrected chi connectivity index (χ1v) is 16.4. The standard InChI is InChI=1S/C31H29ClF5N7O3S/c1-13(42-45)18-11-46-26-22-25(24(37)21(23(26)32)15-3-4-17(34)27-20(15)16(8-38)28(39)48-27)40-30(41-29(22)44(18)10-19(35)36)47-12-31-5-2-6-43(31)9-14(33)7-31/h3-4,13-14,18-19,42,45H,2,5-7,9-12,39H2,1H3/t13?,14-,18?,31+/m1/s1. The van der Waals surface area contributed by atoms with E-state index in [4.69, 9.17) is 26.8 Å². The molecule has 4 aromatic rings. The van der Waals surface area contributed by atoms with Crippen molar-refractivity contribution in [1.29, 1.82) is 5.26 Å². The molecule has 2 saturated heterocycles. The third kappa shape index (κ3) is 5.14. The van der Waals surface area contributed by atoms with E-state index in [1.54, 1.807) is 0 Å². The van der Waals surface area contributed by atoms with E-state index >= 15 is 4.39 Å². The molecule has 3 aliphatic rings. The number of nitrogen functional groups attached to an aromatic ring is 1. The minimum Gasteiger partial charge on any atom is -0.489 e. The number of alkyl halides is 3. The minimum atomic E-state index is -2.89. The fourth-order valence-electron chi connectivity index (χ4n) is 7.32. The molecule has 7 rings (SSSR count). The summed E-state index contributed by atoms with van der Waals surface area (Å²) in [7, 11) is 0. The highest BCUT2D eigenvalue weighted by Crippen LogP contribution is 2.51. The van der Waals surface area contributed by atoms with Crippen molar-refractivity contribution in [3.05, 3.63) is 34.4 Å². The molecule has 2 unspecified atom stereocenters. The van der Waals surface area contributed by atoms with Crippen LogP contribution in [-0.2, 0) is 0 Å². The van der Waals surface area contributed by atoms with Gasteiger partial charge in [-0.05, 0) is 37.9 Å². The van der Waals surface area contributed by atoms with Crippen molar-refractivity contribution in [2.24, 2.45) is 0 Å². The number of nitriles is 1. The van der Waals surface area contributed by atoms with Crippen molar-refractivity contribution >= 4 is 54.7 Å². The Morgan fingerprint density at radius 3 is 2.83 bits per heavy atom. The third-order valence-corrected chi connectivity index (χ3v) is 10.9. The van der Waals surface area contributed by atoms with Crippen molar-refractivity contribution in [1.82, 2.24) is 20.3 Å². The number of anilines is 2. The Balaban J connectivity index is 1.48. The maximum atomic E-state index is 17.1. The van der Waals surface area contributed by atoms with Gasteiger partial charge in [-0.15, -0.1) is 11.3 Å². The Morgan fingerprint density at radius 2 is 2.10 bits per heavy atom. The molecule has 4 N–H and O–H groups in total. The number of nitrogens with one attached hydrogen (secondary N) is 1. The predicted octanol–water partition coefficient (Wildman–Crippen LogP) is 6.05. The summed E-state index contributed by atoms with van der Waals surface area (Å²) in [6, 6.07) is 2.11. The fraction of sp³-hybridized carbons (Fsp3) is 0.452. The molecule has 48 heavy (non-hydrogen) atoms. The molecule has 17 heteroatoms. The number of nitrogens with zero attached hydrogens (tertiary/aromatic N) is 5. The van der Waals surface area contributed by atoms with E-state index in [1.165, 1.54) is 17.9 Å². The molecule has 2 aromatic heterocycles. The van der Waals surface area contributed by atoms with E-state index in [-0.39, 0.29) is 85.9 Å². The number of nitrogens with two attached hydrogens (primary N) is 1. The second-order valence-corrected chi connectivity index (χ2v) is 13.8. The number of ether oxygens (including phenoxy) is 2. The highest BCUT2D eigenvalue weighted by Gasteiger charge is 2.49. The predicted molar refractivity (Wildman–Crippen MR) is 170 cm³/mol. The van der Waals surface area contributed by atoms with Crippen LogP contribution in [0.1, 0.15) is 31.7 Å². The summed E-state index contributed by atoms with van der Waals surface area (Å²) in [6.45, 7) is 1.25. The number of fused-ring (bicyclic) bond motifs is 2. The molecule has 0 aliphatic carbocycles. The number of hydroxylamine groups is 1. The molecule has 0 radical (unpaired) electrons. The molecule has 0 amide bonds. The van der Waals surface area contributed by atoms with Crippen LogP contribution in [0.4, 0.5) is 32.8 Å². The van der Waals surface area contributed by atoms with Gasteiger partial charge in [-0.2, -0.15) is 15.2 Å². The summed E-state index contributed by atoms with van der Waals surface area (Å²) in [5, 5.41) is 19.3. The minimum absolute atomic E-state index is 0.00502. The first-order valence-electron chi connectivity index (χ1n) is 15.2. The second-order valence-electron chi connectivity index (χ2n) is 12.3. The van der Waals surface area contributed by atoms with Gasteiger partial charge in [0.05, 0.1) is 44.8 Å². The van der Waals surface area contributed by atoms with Crippen LogP contribution in [0.3, 0.4) is 0 Å². The van der Waals surface area contributed by atoms with E-state index in [1.807, 2.05) is 11.0 Å². The first kappa shape index (κ1) is 32.8. The van der Waals surface area contributed by atoms with Crippen LogP contribution in [0.5, 0.6) is 11.8 Å². The lowest BCUT2D eigenvalue weighted by molar-refractivity contribution is 0.0982. The smallest absolute Gasteiger partial charge is 0.319 e. The molecule has 0 saturated carbocycles. The molecular weight excluding hydrogens is 681 g/mol. The molecule has 2 aromatic carbocycles. The van der Waals surface area contributed by atoms with Gasteiger partial charge in [-0.25, -0.2) is 27.4 Å². The van der Waals surface area contributed by atoms with E-state index in [0.717, 1.165) is 23.8 Å². The number of hydrogen-bond donors (Lipinski definition) is 3. The average molecular weight is 710 g/mol. The van der Waals surface area contributed by atoms with Gasteiger partial charge in [-0.3, -0.25) is 4.90 Å². The molecule has 2 fully saturated rings. The van der Waals surface area contributed by atoms with Crippen molar-refractivity contribution < 1.29 is 36.6 Å². The Bertz CT molecular complexity index is 1980. The lowest BCUT2D eigenvalue weighted by atomic mass is 9.95. The maximum absolute atomic E-state index is 17.1. The van der Waals surface area contributed by atoms with Gasteiger partial charge in [0.25, 0.3) is 6.43 Å². The van der Waals surface area contributed by atoms with Crippen LogP contribution in [0.15, 0.2) is 12.1 Å². The lowest BCUT2D eigenvalue weighted by Gasteiger charge is -2.34. The molecule has 5 heterocycles. The van der Waals surface area contributed by atoms with Gasteiger partial charge in [0.2, 0.25) is 0 Å². The van der Waals surface area contributed by atoms with Gasteiger partial charge < -0.3 is 25.3 Å². The highest BCUT2D eigenvalue weighted by molar-refractivity contribution is 7.23. The summed E-state index contributed by atoms with van der Waals surface area (Å²) < 4.78 is 87.0. The normalized spacial score (nSPS) is 23.0. The Labute approximate surface area is 279 Å². The molecule has 0 spiro atoms. The van der Waals surface area contributed by atoms with Crippen LogP contribution in [0.2, 0.25) is 5.02 Å². The lowest BCUT2D eigenvalue weighted by Crippen LogP contribution is -2.52. The van der Waals surface area contributed by atoms with Gasteiger partial charge in [0.1, 0.15) is 47.6 Å². The number of rotatable bonds is 8. The summed E-state index contributed by atoms with van der Waals surface area (Å²) in [6.07, 6.45) is -2.23. The average Bonchev–Trinajstić information content (AvgIpc) is 3.66. The summed E-state index contributed by atoms with van der Waals surface area (Å²) in [5.41, 5.74) is 6.73. The van der Waals surface area contributed by atoms with Gasteiger partial charge >= 0.3 is 6.01 Å². The number of benzene rings is 2. The zero-order valence-electron chi connectivity index (χ0n) is 25.4. The van der Waals surface area contributed by atoms with Crippen molar-refractivity contribution in [3.8, 4) is 29.0 Å². The maximum Gasteiger partial charge on any atom is 0.319 e. The number of halogens is 6. The van der Waals surface area contributed by atoms with Gasteiger partial charge in [0, 0.05) is 23.9 Å². The van der Waals surface area contributed by atoms with E-state index in [2.05, 4.69) is 15.4 Å². The van der Waals surface area contributed by atoms with Gasteiger partial charge in [-0.1, -0.05) is 17.7 Å². The summed E-state index contributed by atoms with van der Waals surface area (Å²) >= 11 is 7.71. The second kappa shape index (κ2) is 12.3. The zero-order chi connectivity index (χ0) is 34.1. The van der Waals surface area contributed by atoms with E-state index in [9.17, 15) is 28.0 Å². The van der Waals surface area contributed by atoms with E-state index < -0.39 is 53.9 Å². The van der Waals surface area contributed by atoms with Crippen LogP contribution in [0, 0.1) is 23.0 Å². The van der Waals surface area contributed by atoms with Gasteiger partial charge in [0.15, 0.2) is 11.6 Å². The topological polar surface area (TPSA) is 133 Å². The fourth-order valence-corrected chi connectivity index (χ4v) is 8.61. The number of hydrogen-bond acceptors (Lipinski definition) is 11. The van der Waals surface area contributed by atoms with Crippen LogP contribution in [0.25, 0.3) is 32.1 Å². The Kier molecular flexibility index (Phi) is 8.39. The molecule has 3 aliphatic heterocycles. The number of thiophene rings is 1. The summed E-state index contributed by atoms with van der Waals surface area (Å²) in [5.74, 6) is -2.05. The van der Waals surface area contributed by atoms with Crippen molar-refractivity contribution in [3.63, 3.8) is 0 Å². The van der Waals surface area contributed by atoms with Crippen molar-refractivity contribution in [2.75, 3.05) is 43.5 Å². The summed E-state index contributed by atoms with van der Waals surface area (Å²) in [4.78, 5) is 12.1. The first-order chi connectivity index (χ1) is 23.0. The zero-order valence-corrected chi connectivity index (χ0v) is 26.9. The Morgan fingerprint density at radius 1 is 1.31 bits per heavy atom. The highest BCUT2D eigenvalue weighted by atomic mass is 35.5. The molecule has 4 atom stereocenters. The molecule has 10 nitrogen and oxygen atoms in total. The number of aromatic nitrogens is 2. The molecule has 0 bridgehead atoms. The third-order valence-electron chi connectivity index (χ3n) is 9.56. The Hall–Kier alpha value is -3.75.